The second-order valence-corrected chi connectivity index (χ2v) is 6.54. The molecule has 0 radical (unpaired) electrons. The minimum Gasteiger partial charge on any atom is -0.360 e. The van der Waals surface area contributed by atoms with Gasteiger partial charge in [-0.25, -0.2) is 0 Å². The van der Waals surface area contributed by atoms with Crippen molar-refractivity contribution in [2.45, 2.75) is 0 Å². The molecule has 5 nitrogen and oxygen atoms in total. The zero-order valence-corrected chi connectivity index (χ0v) is 14.6. The molecule has 0 atom stereocenters. The summed E-state index contributed by atoms with van der Waals surface area (Å²) in [6.45, 7) is 3.96. The monoisotopic (exact) mass is 355 g/mol. The van der Waals surface area contributed by atoms with Crippen molar-refractivity contribution in [2.75, 3.05) is 42.9 Å². The summed E-state index contributed by atoms with van der Waals surface area (Å²) in [7, 11) is 0. The van der Waals surface area contributed by atoms with E-state index < -0.39 is 0 Å². The van der Waals surface area contributed by atoms with E-state index in [-0.39, 0.29) is 5.91 Å². The van der Waals surface area contributed by atoms with Gasteiger partial charge < -0.3 is 15.1 Å². The van der Waals surface area contributed by atoms with Crippen LogP contribution < -0.4 is 15.1 Å². The van der Waals surface area contributed by atoms with Crippen molar-refractivity contribution in [3.05, 3.63) is 59.1 Å². The molecule has 0 saturated carbocycles. The van der Waals surface area contributed by atoms with Crippen molar-refractivity contribution >= 4 is 28.9 Å². The summed E-state index contributed by atoms with van der Waals surface area (Å²) in [6.07, 6.45) is 0. The van der Waals surface area contributed by atoms with Crippen LogP contribution in [0.15, 0.2) is 48.5 Å². The number of para-hydroxylation sites is 1. The van der Waals surface area contributed by atoms with E-state index in [1.54, 1.807) is 18.2 Å². The van der Waals surface area contributed by atoms with E-state index in [0.717, 1.165) is 36.9 Å². The molecule has 2 aromatic carbocycles. The summed E-state index contributed by atoms with van der Waals surface area (Å²) in [5.74, 6) is -0.0612. The van der Waals surface area contributed by atoms with Gasteiger partial charge in [-0.1, -0.05) is 29.8 Å². The fourth-order valence-electron chi connectivity index (χ4n) is 3.04. The Hall–Kier alpha value is -2.55. The lowest BCUT2D eigenvalue weighted by atomic mass is 10.2. The first-order valence-corrected chi connectivity index (χ1v) is 8.66. The van der Waals surface area contributed by atoms with Gasteiger partial charge in [0.2, 0.25) is 0 Å². The molecule has 1 aliphatic rings. The predicted octanol–water partition coefficient (Wildman–Crippen LogP) is 1.56. The van der Waals surface area contributed by atoms with Crippen LogP contribution >= 0.6 is 11.6 Å². The molecule has 1 heterocycles. The Morgan fingerprint density at radius 2 is 1.96 bits per heavy atom. The second kappa shape index (κ2) is 8.02. The smallest absolute Gasteiger partial charge is 0.279 e. The lowest BCUT2D eigenvalue weighted by Crippen LogP contribution is -3.15. The van der Waals surface area contributed by atoms with E-state index in [9.17, 15) is 4.79 Å². The minimum absolute atomic E-state index is 0.0612. The van der Waals surface area contributed by atoms with Crippen LogP contribution in [-0.2, 0) is 4.79 Å². The normalized spacial score (nSPS) is 14.8. The Morgan fingerprint density at radius 3 is 2.68 bits per heavy atom. The molecule has 0 spiro atoms. The highest BCUT2D eigenvalue weighted by Crippen LogP contribution is 2.19. The summed E-state index contributed by atoms with van der Waals surface area (Å²) in [4.78, 5) is 15.8. The predicted molar refractivity (Wildman–Crippen MR) is 99.0 cm³/mol. The van der Waals surface area contributed by atoms with E-state index in [0.29, 0.717) is 17.8 Å². The Labute approximate surface area is 152 Å². The number of piperazine rings is 1. The van der Waals surface area contributed by atoms with E-state index in [1.165, 1.54) is 4.90 Å². The molecular weight excluding hydrogens is 336 g/mol. The third-order valence-electron chi connectivity index (χ3n) is 4.38. The highest BCUT2D eigenvalue weighted by atomic mass is 35.5. The standard InChI is InChI=1S/C19H19ClN4O/c20-16-5-3-6-17(12-16)24-10-8-23(9-11-24)14-19(25)22-18-7-2-1-4-15(18)13-21/h1-7,12H,8-11,14H2,(H,22,25)/p+1. The van der Waals surface area contributed by atoms with Gasteiger partial charge in [-0.15, -0.1) is 0 Å². The van der Waals surface area contributed by atoms with Crippen LogP contribution in [0.2, 0.25) is 5.02 Å². The Bertz CT molecular complexity index is 794. The molecule has 2 aromatic rings. The Balaban J connectivity index is 1.52. The molecule has 1 aliphatic heterocycles. The molecule has 0 aliphatic carbocycles. The van der Waals surface area contributed by atoms with Crippen molar-refractivity contribution in [2.24, 2.45) is 0 Å². The molecule has 1 amide bonds. The molecule has 0 unspecified atom stereocenters. The number of nitrogens with one attached hydrogen (secondary N) is 2. The maximum Gasteiger partial charge on any atom is 0.279 e. The number of carbonyl (C=O) groups is 1. The highest BCUT2D eigenvalue weighted by molar-refractivity contribution is 6.30. The van der Waals surface area contributed by atoms with Gasteiger partial charge in [-0.3, -0.25) is 4.79 Å². The lowest BCUT2D eigenvalue weighted by molar-refractivity contribution is -0.892. The second-order valence-electron chi connectivity index (χ2n) is 6.10. The average molecular weight is 356 g/mol. The largest absolute Gasteiger partial charge is 0.360 e. The van der Waals surface area contributed by atoms with Gasteiger partial charge in [-0.05, 0) is 30.3 Å². The Kier molecular flexibility index (Phi) is 5.54. The number of benzene rings is 2. The molecule has 3 rings (SSSR count). The van der Waals surface area contributed by atoms with Crippen molar-refractivity contribution in [1.82, 2.24) is 0 Å². The van der Waals surface area contributed by atoms with Crippen LogP contribution in [0.1, 0.15) is 5.56 Å². The van der Waals surface area contributed by atoms with Gasteiger partial charge in [0, 0.05) is 10.7 Å². The number of nitrogens with zero attached hydrogens (tertiary/aromatic N) is 2. The summed E-state index contributed by atoms with van der Waals surface area (Å²) < 4.78 is 0. The number of hydrogen-bond donors (Lipinski definition) is 2. The van der Waals surface area contributed by atoms with Gasteiger partial charge in [-0.2, -0.15) is 5.26 Å². The van der Waals surface area contributed by atoms with Crippen molar-refractivity contribution < 1.29 is 9.69 Å². The molecular formula is C19H20ClN4O+. The maximum absolute atomic E-state index is 12.3. The third kappa shape index (κ3) is 4.50. The van der Waals surface area contributed by atoms with Crippen LogP contribution in [0.5, 0.6) is 0 Å². The number of nitriles is 1. The van der Waals surface area contributed by atoms with Crippen LogP contribution in [0.3, 0.4) is 0 Å². The van der Waals surface area contributed by atoms with E-state index >= 15 is 0 Å². The van der Waals surface area contributed by atoms with Gasteiger partial charge in [0.25, 0.3) is 5.91 Å². The SMILES string of the molecule is N#Cc1ccccc1NC(=O)C[NH+]1CCN(c2cccc(Cl)c2)CC1. The molecule has 128 valence electrons. The highest BCUT2D eigenvalue weighted by Gasteiger charge is 2.22. The number of quaternary nitrogens is 1. The van der Waals surface area contributed by atoms with Crippen LogP contribution in [0, 0.1) is 11.3 Å². The molecule has 0 aromatic heterocycles. The molecule has 1 fully saturated rings. The summed E-state index contributed by atoms with van der Waals surface area (Å²) >= 11 is 6.06. The van der Waals surface area contributed by atoms with E-state index in [1.807, 2.05) is 24.3 Å². The number of carbonyl (C=O) groups excluding carboxylic acids is 1. The first-order chi connectivity index (χ1) is 12.2. The van der Waals surface area contributed by atoms with Crippen LogP contribution in [0.4, 0.5) is 11.4 Å². The molecule has 25 heavy (non-hydrogen) atoms. The fourth-order valence-corrected chi connectivity index (χ4v) is 3.23. The van der Waals surface area contributed by atoms with Crippen LogP contribution in [-0.4, -0.2) is 38.6 Å². The lowest BCUT2D eigenvalue weighted by Gasteiger charge is -2.33. The zero-order valence-electron chi connectivity index (χ0n) is 13.8. The van der Waals surface area contributed by atoms with Gasteiger partial charge in [0.1, 0.15) is 6.07 Å². The van der Waals surface area contributed by atoms with Crippen molar-refractivity contribution in [3.8, 4) is 6.07 Å². The fraction of sp³-hybridized carbons (Fsp3) is 0.263. The number of anilines is 2. The zero-order chi connectivity index (χ0) is 17.6. The first-order valence-electron chi connectivity index (χ1n) is 8.29. The average Bonchev–Trinajstić information content (AvgIpc) is 2.63. The first kappa shape index (κ1) is 17.3. The van der Waals surface area contributed by atoms with E-state index in [2.05, 4.69) is 22.4 Å². The minimum atomic E-state index is -0.0612. The van der Waals surface area contributed by atoms with Crippen molar-refractivity contribution in [1.29, 1.82) is 5.26 Å². The topological polar surface area (TPSA) is 60.6 Å². The number of rotatable bonds is 4. The van der Waals surface area contributed by atoms with Gasteiger partial charge in [0.05, 0.1) is 37.4 Å². The summed E-state index contributed by atoms with van der Waals surface area (Å²) in [6, 6.07) is 17.0. The number of hydrogen-bond acceptors (Lipinski definition) is 3. The number of halogens is 1. The van der Waals surface area contributed by atoms with Crippen molar-refractivity contribution in [3.63, 3.8) is 0 Å². The van der Waals surface area contributed by atoms with Gasteiger partial charge >= 0.3 is 0 Å². The van der Waals surface area contributed by atoms with Crippen LogP contribution in [0.25, 0.3) is 0 Å². The third-order valence-corrected chi connectivity index (χ3v) is 4.61. The molecule has 6 heteroatoms. The van der Waals surface area contributed by atoms with Gasteiger partial charge in [0.15, 0.2) is 6.54 Å². The maximum atomic E-state index is 12.3. The molecule has 2 N–H and O–H groups in total. The number of amides is 1. The Morgan fingerprint density at radius 1 is 1.20 bits per heavy atom. The molecule has 1 saturated heterocycles. The van der Waals surface area contributed by atoms with E-state index in [4.69, 9.17) is 16.9 Å². The summed E-state index contributed by atoms with van der Waals surface area (Å²) in [5, 5.41) is 12.7. The quantitative estimate of drug-likeness (QED) is 0.875. The summed E-state index contributed by atoms with van der Waals surface area (Å²) in [5.41, 5.74) is 2.18. The molecule has 0 bridgehead atoms.